The zero-order valence-electron chi connectivity index (χ0n) is 12.8. The van der Waals surface area contributed by atoms with Crippen molar-refractivity contribution in [2.75, 3.05) is 51.3 Å². The predicted octanol–water partition coefficient (Wildman–Crippen LogP) is 1.16. The molecule has 2 rings (SSSR count). The van der Waals surface area contributed by atoms with Gasteiger partial charge in [0.1, 0.15) is 19.3 Å². The predicted molar refractivity (Wildman–Crippen MR) is 84.3 cm³/mol. The fourth-order valence-corrected chi connectivity index (χ4v) is 2.60. The van der Waals surface area contributed by atoms with E-state index in [4.69, 9.17) is 17.0 Å². The molecule has 0 spiro atoms. The molecule has 0 aromatic carbocycles. The smallest absolute Gasteiger partial charge is 0.383 e. The molecule has 5 nitrogen and oxygen atoms in total. The summed E-state index contributed by atoms with van der Waals surface area (Å²) >= 11 is 5.31. The first kappa shape index (κ1) is 17.7. The summed E-state index contributed by atoms with van der Waals surface area (Å²) in [5.74, 6) is 0.677. The van der Waals surface area contributed by atoms with Gasteiger partial charge in [0.05, 0.1) is 25.3 Å². The number of piperazine rings is 1. The number of thiocarbonyl (C=S) groups is 1. The fourth-order valence-electron chi connectivity index (χ4n) is 2.31. The van der Waals surface area contributed by atoms with Gasteiger partial charge in [-0.25, -0.2) is 4.98 Å². The number of halogens is 3. The highest BCUT2D eigenvalue weighted by Gasteiger charge is 2.32. The monoisotopic (exact) mass is 349 g/mol. The lowest BCUT2D eigenvalue weighted by Crippen LogP contribution is -2.53. The van der Waals surface area contributed by atoms with Crippen LogP contribution in [0.4, 0.5) is 19.0 Å². The van der Waals surface area contributed by atoms with Gasteiger partial charge in [-0.2, -0.15) is 13.2 Å². The number of nitrogens with one attached hydrogen (secondary N) is 2. The highest BCUT2D eigenvalue weighted by atomic mass is 32.1. The fraction of sp³-hybridized carbons (Fsp3) is 0.571. The number of hydrogen-bond donors (Lipinski definition) is 1. The molecule has 1 aromatic rings. The van der Waals surface area contributed by atoms with E-state index < -0.39 is 11.7 Å². The molecule has 0 saturated carbocycles. The largest absolute Gasteiger partial charge is 0.419 e. The molecule has 0 unspecified atom stereocenters. The van der Waals surface area contributed by atoms with Crippen LogP contribution in [0.5, 0.6) is 0 Å². The molecule has 23 heavy (non-hydrogen) atoms. The van der Waals surface area contributed by atoms with Crippen LogP contribution in [0.1, 0.15) is 5.56 Å². The Balaban J connectivity index is 1.85. The standard InChI is InChI=1S/C14H19F3N4OS/c1-22-9-4-18-13(23)21-7-5-20(6-8-21)12-3-2-11(10-19-12)14(15,16)17/h2-3,10H,4-9H2,1H3,(H,18,23)/p+1. The van der Waals surface area contributed by atoms with Crippen molar-refractivity contribution in [3.63, 3.8) is 0 Å². The Labute approximate surface area is 138 Å². The first-order chi connectivity index (χ1) is 10.9. The maximum Gasteiger partial charge on any atom is 0.419 e. The van der Waals surface area contributed by atoms with Crippen LogP contribution in [-0.2, 0) is 10.9 Å². The third-order valence-electron chi connectivity index (χ3n) is 3.61. The number of hydrogen-bond acceptors (Lipinski definition) is 3. The molecule has 2 N–H and O–H groups in total. The first-order valence-corrected chi connectivity index (χ1v) is 7.68. The highest BCUT2D eigenvalue weighted by Crippen LogP contribution is 2.28. The van der Waals surface area contributed by atoms with Gasteiger partial charge in [0, 0.05) is 19.7 Å². The highest BCUT2D eigenvalue weighted by molar-refractivity contribution is 7.80. The Hall–Kier alpha value is -1.61. The normalized spacial score (nSPS) is 15.7. The number of pyridine rings is 1. The maximum atomic E-state index is 12.6. The minimum atomic E-state index is -4.33. The molecule has 2 heterocycles. The number of anilines is 1. The van der Waals surface area contributed by atoms with Crippen molar-refractivity contribution in [3.8, 4) is 0 Å². The second-order valence-electron chi connectivity index (χ2n) is 5.16. The third kappa shape index (κ3) is 4.93. The average Bonchev–Trinajstić information content (AvgIpc) is 2.54. The van der Waals surface area contributed by atoms with E-state index >= 15 is 0 Å². The Morgan fingerprint density at radius 3 is 2.52 bits per heavy atom. The van der Waals surface area contributed by atoms with Gasteiger partial charge in [-0.15, -0.1) is 0 Å². The van der Waals surface area contributed by atoms with E-state index in [9.17, 15) is 13.2 Å². The Bertz CT molecular complexity index is 516. The number of aromatic amines is 1. The Morgan fingerprint density at radius 1 is 1.30 bits per heavy atom. The average molecular weight is 349 g/mol. The summed E-state index contributed by atoms with van der Waals surface area (Å²) in [7, 11) is 1.63. The molecule has 1 aliphatic heterocycles. The van der Waals surface area contributed by atoms with Crippen molar-refractivity contribution in [1.29, 1.82) is 0 Å². The molecule has 0 amide bonds. The first-order valence-electron chi connectivity index (χ1n) is 7.27. The minimum absolute atomic E-state index is 0.584. The lowest BCUT2D eigenvalue weighted by atomic mass is 10.2. The van der Waals surface area contributed by atoms with E-state index in [1.54, 1.807) is 7.11 Å². The quantitative estimate of drug-likeness (QED) is 0.653. The van der Waals surface area contributed by atoms with E-state index in [0.717, 1.165) is 12.3 Å². The summed E-state index contributed by atoms with van der Waals surface area (Å²) in [6, 6.07) is 2.56. The molecule has 1 fully saturated rings. The molecule has 0 aliphatic carbocycles. The number of rotatable bonds is 4. The lowest BCUT2D eigenvalue weighted by molar-refractivity contribution is -0.367. The number of H-pyrrole nitrogens is 1. The number of nitrogens with zero attached hydrogens (tertiary/aromatic N) is 2. The van der Waals surface area contributed by atoms with E-state index in [1.807, 2.05) is 9.80 Å². The van der Waals surface area contributed by atoms with Crippen molar-refractivity contribution in [2.45, 2.75) is 6.18 Å². The Kier molecular flexibility index (Phi) is 6.00. The van der Waals surface area contributed by atoms with E-state index in [2.05, 4.69) is 10.3 Å². The van der Waals surface area contributed by atoms with Crippen molar-refractivity contribution in [1.82, 2.24) is 10.2 Å². The van der Waals surface area contributed by atoms with Crippen molar-refractivity contribution in [2.24, 2.45) is 0 Å². The number of aromatic nitrogens is 1. The number of alkyl halides is 3. The van der Waals surface area contributed by atoms with E-state index in [0.29, 0.717) is 50.3 Å². The van der Waals surface area contributed by atoms with Crippen molar-refractivity contribution < 1.29 is 22.9 Å². The molecular formula is C14H20F3N4OS+. The van der Waals surface area contributed by atoms with Crippen LogP contribution in [0.15, 0.2) is 18.3 Å². The molecule has 1 saturated heterocycles. The van der Waals surface area contributed by atoms with Crippen molar-refractivity contribution in [3.05, 3.63) is 23.9 Å². The van der Waals surface area contributed by atoms with Crippen LogP contribution in [0.2, 0.25) is 0 Å². The molecule has 0 radical (unpaired) electrons. The van der Waals surface area contributed by atoms with Gasteiger partial charge in [0.15, 0.2) is 5.11 Å². The van der Waals surface area contributed by atoms with Gasteiger partial charge in [0.25, 0.3) is 5.82 Å². The lowest BCUT2D eigenvalue weighted by Gasteiger charge is -2.32. The summed E-state index contributed by atoms with van der Waals surface area (Å²) in [6.45, 7) is 4.05. The minimum Gasteiger partial charge on any atom is -0.383 e. The molecule has 1 aliphatic rings. The van der Waals surface area contributed by atoms with Crippen LogP contribution in [0.25, 0.3) is 0 Å². The second-order valence-corrected chi connectivity index (χ2v) is 5.55. The molecular weight excluding hydrogens is 329 g/mol. The van der Waals surface area contributed by atoms with Gasteiger partial charge in [-0.3, -0.25) is 4.90 Å². The van der Waals surface area contributed by atoms with Crippen LogP contribution in [0.3, 0.4) is 0 Å². The van der Waals surface area contributed by atoms with Crippen LogP contribution in [-0.4, -0.2) is 56.5 Å². The van der Waals surface area contributed by atoms with E-state index in [-0.39, 0.29) is 0 Å². The number of ether oxygens (including phenoxy) is 1. The summed E-state index contributed by atoms with van der Waals surface area (Å²) in [5, 5.41) is 3.79. The summed E-state index contributed by atoms with van der Waals surface area (Å²) in [5.41, 5.74) is -0.677. The summed E-state index contributed by atoms with van der Waals surface area (Å²) < 4.78 is 42.6. The van der Waals surface area contributed by atoms with Gasteiger partial charge in [-0.05, 0) is 18.3 Å². The zero-order chi connectivity index (χ0) is 16.9. The summed E-state index contributed by atoms with van der Waals surface area (Å²) in [6.07, 6.45) is -3.33. The van der Waals surface area contributed by atoms with Crippen LogP contribution >= 0.6 is 12.2 Å². The van der Waals surface area contributed by atoms with Gasteiger partial charge >= 0.3 is 6.18 Å². The topological polar surface area (TPSA) is 41.9 Å². The zero-order valence-corrected chi connectivity index (χ0v) is 13.6. The van der Waals surface area contributed by atoms with Gasteiger partial charge in [0.2, 0.25) is 0 Å². The van der Waals surface area contributed by atoms with E-state index in [1.165, 1.54) is 6.07 Å². The second kappa shape index (κ2) is 7.78. The molecule has 9 heteroatoms. The van der Waals surface area contributed by atoms with Crippen LogP contribution in [0, 0.1) is 0 Å². The van der Waals surface area contributed by atoms with Crippen molar-refractivity contribution >= 4 is 23.1 Å². The summed E-state index contributed by atoms with van der Waals surface area (Å²) in [4.78, 5) is 6.78. The van der Waals surface area contributed by atoms with Crippen LogP contribution < -0.4 is 15.2 Å². The number of methoxy groups -OCH3 is 1. The molecule has 0 bridgehead atoms. The third-order valence-corrected chi connectivity index (χ3v) is 4.02. The van der Waals surface area contributed by atoms with Gasteiger partial charge in [-0.1, -0.05) is 0 Å². The molecule has 0 atom stereocenters. The molecule has 1 aromatic heterocycles. The maximum absolute atomic E-state index is 12.6. The Morgan fingerprint density at radius 2 is 2.00 bits per heavy atom. The SMILES string of the molecule is COCCNC(=S)N1CCN(c2ccc(C(F)(F)F)c[nH+]2)CC1. The van der Waals surface area contributed by atoms with Gasteiger partial charge < -0.3 is 15.0 Å². The molecule has 128 valence electrons.